The number of hydrogen-bond acceptors (Lipinski definition) is 4. The number of ether oxygens (including phenoxy) is 1. The summed E-state index contributed by atoms with van der Waals surface area (Å²) in [6, 6.07) is 5.48. The quantitative estimate of drug-likeness (QED) is 0.842. The van der Waals surface area contributed by atoms with Crippen molar-refractivity contribution in [1.82, 2.24) is 14.3 Å². The van der Waals surface area contributed by atoms with E-state index in [-0.39, 0.29) is 17.8 Å². The van der Waals surface area contributed by atoms with Crippen molar-refractivity contribution in [2.24, 2.45) is 0 Å². The minimum Gasteiger partial charge on any atom is -0.373 e. The van der Waals surface area contributed by atoms with Gasteiger partial charge in [0.25, 0.3) is 5.56 Å². The molecule has 2 atom stereocenters. The van der Waals surface area contributed by atoms with Gasteiger partial charge in [0.05, 0.1) is 17.9 Å². The smallest absolute Gasteiger partial charge is 0.258 e. The van der Waals surface area contributed by atoms with Gasteiger partial charge in [-0.15, -0.1) is 0 Å². The third-order valence-corrected chi connectivity index (χ3v) is 3.82. The largest absolute Gasteiger partial charge is 0.373 e. The first-order valence-electron chi connectivity index (χ1n) is 7.38. The van der Waals surface area contributed by atoms with E-state index < -0.39 is 0 Å². The molecule has 0 bridgehead atoms. The van der Waals surface area contributed by atoms with Crippen LogP contribution in [0.15, 0.2) is 29.2 Å². The van der Waals surface area contributed by atoms with Gasteiger partial charge in [0.1, 0.15) is 5.65 Å². The van der Waals surface area contributed by atoms with Gasteiger partial charge in [0, 0.05) is 31.9 Å². The molecule has 3 heterocycles. The van der Waals surface area contributed by atoms with Gasteiger partial charge in [-0.05, 0) is 32.4 Å². The highest BCUT2D eigenvalue weighted by Gasteiger charge is 2.22. The second kappa shape index (κ2) is 5.58. The molecule has 2 aromatic rings. The van der Waals surface area contributed by atoms with Crippen molar-refractivity contribution in [3.63, 3.8) is 0 Å². The van der Waals surface area contributed by atoms with Crippen LogP contribution in [0.3, 0.4) is 0 Å². The van der Waals surface area contributed by atoms with Crippen LogP contribution in [0.25, 0.3) is 5.65 Å². The molecular weight excluding hydrogens is 266 g/mol. The van der Waals surface area contributed by atoms with Gasteiger partial charge in [-0.1, -0.05) is 6.07 Å². The summed E-state index contributed by atoms with van der Waals surface area (Å²) in [6.07, 6.45) is 2.20. The number of pyridine rings is 1. The minimum absolute atomic E-state index is 0.0203. The number of hydrogen-bond donors (Lipinski definition) is 0. The van der Waals surface area contributed by atoms with Crippen molar-refractivity contribution in [2.75, 3.05) is 13.1 Å². The molecule has 0 spiro atoms. The molecule has 0 radical (unpaired) electrons. The molecule has 0 unspecified atom stereocenters. The van der Waals surface area contributed by atoms with Gasteiger partial charge in [-0.3, -0.25) is 14.1 Å². The van der Waals surface area contributed by atoms with Crippen molar-refractivity contribution >= 4 is 5.65 Å². The Morgan fingerprint density at radius 1 is 1.33 bits per heavy atom. The molecule has 0 saturated carbocycles. The van der Waals surface area contributed by atoms with Gasteiger partial charge in [0.15, 0.2) is 0 Å². The first kappa shape index (κ1) is 14.2. The predicted octanol–water partition coefficient (Wildman–Crippen LogP) is 1.61. The van der Waals surface area contributed by atoms with E-state index in [1.165, 1.54) is 0 Å². The van der Waals surface area contributed by atoms with Crippen molar-refractivity contribution in [3.8, 4) is 0 Å². The third-order valence-electron chi connectivity index (χ3n) is 3.82. The molecule has 1 saturated heterocycles. The summed E-state index contributed by atoms with van der Waals surface area (Å²) in [5.41, 5.74) is 2.57. The Morgan fingerprint density at radius 2 is 2.05 bits per heavy atom. The van der Waals surface area contributed by atoms with Crippen LogP contribution in [0.5, 0.6) is 0 Å². The topological polar surface area (TPSA) is 46.8 Å². The average molecular weight is 287 g/mol. The highest BCUT2D eigenvalue weighted by atomic mass is 16.5. The second-order valence-corrected chi connectivity index (χ2v) is 5.92. The molecule has 0 amide bonds. The van der Waals surface area contributed by atoms with Crippen molar-refractivity contribution in [2.45, 2.75) is 39.5 Å². The number of aromatic nitrogens is 2. The number of aryl methyl sites for hydroxylation is 1. The average Bonchev–Trinajstić information content (AvgIpc) is 2.39. The third kappa shape index (κ3) is 2.99. The fourth-order valence-electron chi connectivity index (χ4n) is 3.03. The van der Waals surface area contributed by atoms with Crippen LogP contribution in [0.4, 0.5) is 0 Å². The number of nitrogens with zero attached hydrogens (tertiary/aromatic N) is 3. The Labute approximate surface area is 124 Å². The van der Waals surface area contributed by atoms with E-state index in [2.05, 4.69) is 23.7 Å². The Morgan fingerprint density at radius 3 is 2.76 bits per heavy atom. The first-order chi connectivity index (χ1) is 10.0. The Kier molecular flexibility index (Phi) is 3.78. The summed E-state index contributed by atoms with van der Waals surface area (Å²) in [7, 11) is 0. The monoisotopic (exact) mass is 287 g/mol. The molecule has 2 aromatic heterocycles. The molecule has 112 valence electrons. The highest BCUT2D eigenvalue weighted by molar-refractivity contribution is 5.46. The zero-order chi connectivity index (χ0) is 15.0. The zero-order valence-electron chi connectivity index (χ0n) is 12.7. The molecule has 1 aliphatic rings. The standard InChI is InChI=1S/C16H21N3O2/c1-11-5-4-6-19-15(20)7-14(17-16(11)19)10-18-8-12(2)21-13(3)9-18/h4-7,12-13H,8-10H2,1-3H3/t12-,13-/m0/s1. The maximum Gasteiger partial charge on any atom is 0.258 e. The molecule has 5 heteroatoms. The van der Waals surface area contributed by atoms with Crippen LogP contribution >= 0.6 is 0 Å². The van der Waals surface area contributed by atoms with E-state index >= 15 is 0 Å². The number of rotatable bonds is 2. The van der Waals surface area contributed by atoms with Gasteiger partial charge < -0.3 is 4.74 Å². The van der Waals surface area contributed by atoms with Gasteiger partial charge in [-0.2, -0.15) is 0 Å². The SMILES string of the molecule is Cc1cccn2c(=O)cc(CN3C[C@H](C)O[C@@H](C)C3)nc12. The van der Waals surface area contributed by atoms with E-state index in [9.17, 15) is 4.79 Å². The normalized spacial score (nSPS) is 23.6. The van der Waals surface area contributed by atoms with Crippen LogP contribution in [0.1, 0.15) is 25.1 Å². The Hall–Kier alpha value is -1.72. The van der Waals surface area contributed by atoms with Crippen molar-refractivity contribution in [1.29, 1.82) is 0 Å². The maximum absolute atomic E-state index is 12.2. The van der Waals surface area contributed by atoms with E-state index in [0.29, 0.717) is 6.54 Å². The van der Waals surface area contributed by atoms with Crippen LogP contribution < -0.4 is 5.56 Å². The Bertz CT molecular complexity index is 700. The molecule has 0 aliphatic carbocycles. The summed E-state index contributed by atoms with van der Waals surface area (Å²) in [5.74, 6) is 0. The highest BCUT2D eigenvalue weighted by Crippen LogP contribution is 2.13. The maximum atomic E-state index is 12.2. The lowest BCUT2D eigenvalue weighted by atomic mass is 10.2. The van der Waals surface area contributed by atoms with Crippen LogP contribution in [0.2, 0.25) is 0 Å². The lowest BCUT2D eigenvalue weighted by molar-refractivity contribution is -0.0707. The fourth-order valence-corrected chi connectivity index (χ4v) is 3.03. The van der Waals surface area contributed by atoms with Gasteiger partial charge in [-0.25, -0.2) is 4.98 Å². The summed E-state index contributed by atoms with van der Waals surface area (Å²) >= 11 is 0. The molecular formula is C16H21N3O2. The van der Waals surface area contributed by atoms with Gasteiger partial charge in [0.2, 0.25) is 0 Å². The van der Waals surface area contributed by atoms with Crippen LogP contribution in [0, 0.1) is 6.92 Å². The first-order valence-corrected chi connectivity index (χ1v) is 7.38. The fraction of sp³-hybridized carbons (Fsp3) is 0.500. The van der Waals surface area contributed by atoms with E-state index in [4.69, 9.17) is 4.74 Å². The lowest BCUT2D eigenvalue weighted by Crippen LogP contribution is -2.45. The number of morpholine rings is 1. The molecule has 0 aromatic carbocycles. The Balaban J connectivity index is 1.91. The molecule has 1 fully saturated rings. The molecule has 21 heavy (non-hydrogen) atoms. The molecule has 0 N–H and O–H groups in total. The van der Waals surface area contributed by atoms with Crippen molar-refractivity contribution < 1.29 is 4.74 Å². The van der Waals surface area contributed by atoms with Gasteiger partial charge >= 0.3 is 0 Å². The van der Waals surface area contributed by atoms with Crippen LogP contribution in [-0.2, 0) is 11.3 Å². The lowest BCUT2D eigenvalue weighted by Gasteiger charge is -2.35. The van der Waals surface area contributed by atoms with Crippen molar-refractivity contribution in [3.05, 3.63) is 46.0 Å². The number of fused-ring (bicyclic) bond motifs is 1. The summed E-state index contributed by atoms with van der Waals surface area (Å²) in [4.78, 5) is 19.2. The molecule has 1 aliphatic heterocycles. The second-order valence-electron chi connectivity index (χ2n) is 5.92. The zero-order valence-corrected chi connectivity index (χ0v) is 12.7. The predicted molar refractivity (Wildman–Crippen MR) is 81.5 cm³/mol. The van der Waals surface area contributed by atoms with E-state index in [1.807, 2.05) is 19.1 Å². The van der Waals surface area contributed by atoms with E-state index in [0.717, 1.165) is 30.0 Å². The van der Waals surface area contributed by atoms with Crippen LogP contribution in [-0.4, -0.2) is 39.6 Å². The summed E-state index contributed by atoms with van der Waals surface area (Å²) in [6.45, 7) is 8.58. The molecule has 3 rings (SSSR count). The summed E-state index contributed by atoms with van der Waals surface area (Å²) in [5, 5.41) is 0. The summed E-state index contributed by atoms with van der Waals surface area (Å²) < 4.78 is 7.34. The minimum atomic E-state index is -0.0203. The molecule has 5 nitrogen and oxygen atoms in total. The van der Waals surface area contributed by atoms with E-state index in [1.54, 1.807) is 16.7 Å².